The summed E-state index contributed by atoms with van der Waals surface area (Å²) in [5.74, 6) is 1.18. The molecule has 0 N–H and O–H groups in total. The van der Waals surface area contributed by atoms with Crippen LogP contribution in [0.15, 0.2) is 60.0 Å². The summed E-state index contributed by atoms with van der Waals surface area (Å²) >= 11 is 0. The average molecular weight is 497 g/mol. The lowest BCUT2D eigenvalue weighted by Gasteiger charge is -2.55. The van der Waals surface area contributed by atoms with Crippen molar-refractivity contribution in [2.24, 2.45) is 16.7 Å². The zero-order valence-electron chi connectivity index (χ0n) is 23.5. The van der Waals surface area contributed by atoms with Gasteiger partial charge in [-0.3, -0.25) is 4.98 Å². The number of benzene rings is 1. The molecular weight excluding hydrogens is 452 g/mol. The summed E-state index contributed by atoms with van der Waals surface area (Å²) in [6.07, 6.45) is 18.9. The van der Waals surface area contributed by atoms with Crippen LogP contribution in [-0.2, 0) is 4.74 Å². The van der Waals surface area contributed by atoms with Gasteiger partial charge in [0.15, 0.2) is 0 Å². The second-order valence-electron chi connectivity index (χ2n) is 14.6. The third-order valence-electron chi connectivity index (χ3n) is 11.1. The molecule has 6 atom stereocenters. The molecule has 1 aromatic carbocycles. The third kappa shape index (κ3) is 3.56. The molecule has 2 unspecified atom stereocenters. The van der Waals surface area contributed by atoms with E-state index in [-0.39, 0.29) is 16.6 Å². The van der Waals surface area contributed by atoms with Crippen molar-refractivity contribution in [3.8, 4) is 0 Å². The summed E-state index contributed by atoms with van der Waals surface area (Å²) in [6.45, 7) is 10.8. The first-order valence-electron chi connectivity index (χ1n) is 14.8. The Hall–Kier alpha value is -1.97. The molecule has 0 amide bonds. The highest BCUT2D eigenvalue weighted by molar-refractivity contribution is 5.82. The van der Waals surface area contributed by atoms with Crippen LogP contribution < -0.4 is 0 Å². The van der Waals surface area contributed by atoms with E-state index in [1.165, 1.54) is 73.3 Å². The standard InChI is InChI=1S/C34H44N2O/c1-31(2,3)22-36(5)28-9-8-26-19-27-12-14-32(4)29(24-7-6-23-13-17-35-21-25(23)18-24)10-11-30(32)34(27)16-15-33(26,20-28)37-34/h6-7,12-13,17-19,21,28-30H,8-11,14-16,20,22H2,1-5H3/t28-,29?,30-,32?,33-,34-/m1/s1. The van der Waals surface area contributed by atoms with Crippen molar-refractivity contribution < 1.29 is 4.74 Å². The first-order chi connectivity index (χ1) is 17.6. The van der Waals surface area contributed by atoms with Gasteiger partial charge in [-0.05, 0) is 115 Å². The van der Waals surface area contributed by atoms with Crippen LogP contribution in [-0.4, -0.2) is 40.7 Å². The second kappa shape index (κ2) is 8.02. The molecule has 2 aliphatic heterocycles. The maximum absolute atomic E-state index is 7.55. The lowest BCUT2D eigenvalue weighted by molar-refractivity contribution is -0.140. The lowest BCUT2D eigenvalue weighted by atomic mass is 9.58. The number of rotatable bonds is 3. The lowest BCUT2D eigenvalue weighted by Crippen LogP contribution is -2.55. The van der Waals surface area contributed by atoms with E-state index < -0.39 is 0 Å². The number of hydrogen-bond donors (Lipinski definition) is 0. The molecule has 3 fully saturated rings. The number of allylic oxidation sites excluding steroid dienone is 1. The largest absolute Gasteiger partial charge is 0.359 e. The van der Waals surface area contributed by atoms with Gasteiger partial charge >= 0.3 is 0 Å². The fourth-order valence-corrected chi connectivity index (χ4v) is 9.50. The molecule has 2 spiro atoms. The van der Waals surface area contributed by atoms with Crippen LogP contribution in [0.4, 0.5) is 0 Å². The van der Waals surface area contributed by atoms with E-state index in [9.17, 15) is 0 Å². The number of hydrogen-bond acceptors (Lipinski definition) is 3. The maximum atomic E-state index is 7.55. The van der Waals surface area contributed by atoms with Crippen molar-refractivity contribution in [1.82, 2.24) is 9.88 Å². The summed E-state index contributed by atoms with van der Waals surface area (Å²) in [6, 6.07) is 9.86. The molecule has 3 heterocycles. The van der Waals surface area contributed by atoms with Gasteiger partial charge in [-0.2, -0.15) is 0 Å². The van der Waals surface area contributed by atoms with Crippen LogP contribution in [0.1, 0.15) is 90.5 Å². The van der Waals surface area contributed by atoms with Crippen LogP contribution in [0.3, 0.4) is 0 Å². The Morgan fingerprint density at radius 3 is 2.78 bits per heavy atom. The van der Waals surface area contributed by atoms with Gasteiger partial charge < -0.3 is 9.64 Å². The van der Waals surface area contributed by atoms with Gasteiger partial charge in [-0.15, -0.1) is 0 Å². The van der Waals surface area contributed by atoms with Crippen molar-refractivity contribution in [2.75, 3.05) is 13.6 Å². The molecule has 1 saturated heterocycles. The Morgan fingerprint density at radius 1 is 1.08 bits per heavy atom. The first kappa shape index (κ1) is 24.1. The minimum absolute atomic E-state index is 0.0304. The third-order valence-corrected chi connectivity index (χ3v) is 11.1. The summed E-state index contributed by atoms with van der Waals surface area (Å²) in [5, 5.41) is 2.56. The predicted molar refractivity (Wildman–Crippen MR) is 152 cm³/mol. The fourth-order valence-electron chi connectivity index (χ4n) is 9.50. The number of fused-ring (bicyclic) bond motifs is 2. The Bertz CT molecular complexity index is 1300. The van der Waals surface area contributed by atoms with E-state index in [0.29, 0.717) is 23.3 Å². The van der Waals surface area contributed by atoms with Gasteiger partial charge in [0.2, 0.25) is 0 Å². The molecule has 7 rings (SSSR count). The normalized spacial score (nSPS) is 38.7. The van der Waals surface area contributed by atoms with Crippen molar-refractivity contribution in [2.45, 2.75) is 102 Å². The minimum Gasteiger partial charge on any atom is -0.359 e. The number of nitrogens with zero attached hydrogens (tertiary/aromatic N) is 2. The van der Waals surface area contributed by atoms with Gasteiger partial charge in [-0.25, -0.2) is 0 Å². The highest BCUT2D eigenvalue weighted by Crippen LogP contribution is 2.69. The maximum Gasteiger partial charge on any atom is 0.0974 e. The predicted octanol–water partition coefficient (Wildman–Crippen LogP) is 7.82. The van der Waals surface area contributed by atoms with Crippen LogP contribution in [0, 0.1) is 16.7 Å². The Kier molecular flexibility index (Phi) is 5.22. The van der Waals surface area contributed by atoms with Crippen molar-refractivity contribution in [1.29, 1.82) is 0 Å². The molecule has 2 bridgehead atoms. The second-order valence-corrected chi connectivity index (χ2v) is 14.6. The van der Waals surface area contributed by atoms with Crippen LogP contribution in [0.5, 0.6) is 0 Å². The Balaban J connectivity index is 1.21. The summed E-state index contributed by atoms with van der Waals surface area (Å²) < 4.78 is 7.55. The van der Waals surface area contributed by atoms with E-state index in [0.717, 1.165) is 6.54 Å². The average Bonchev–Trinajstić information content (AvgIpc) is 3.37. The fraction of sp³-hybridized carbons (Fsp3) is 0.618. The van der Waals surface area contributed by atoms with E-state index in [4.69, 9.17) is 4.74 Å². The topological polar surface area (TPSA) is 25.4 Å². The van der Waals surface area contributed by atoms with Crippen LogP contribution in [0.25, 0.3) is 10.8 Å². The van der Waals surface area contributed by atoms with Gasteiger partial charge in [0.25, 0.3) is 0 Å². The molecule has 5 aliphatic rings. The number of pyridine rings is 1. The van der Waals surface area contributed by atoms with Crippen molar-refractivity contribution in [3.05, 3.63) is 65.5 Å². The molecule has 3 heteroatoms. The molecule has 1 aromatic heterocycles. The molecule has 2 saturated carbocycles. The van der Waals surface area contributed by atoms with E-state index in [2.05, 4.69) is 81.0 Å². The SMILES string of the molecule is CN(CC(C)(C)C)[C@@H]1CCC2=CC3=CCC4(C)C(c5ccc6ccncc6c5)CC[C@H]4[C@@]34CC[C@]2(C1)O4. The van der Waals surface area contributed by atoms with Crippen molar-refractivity contribution >= 4 is 10.8 Å². The van der Waals surface area contributed by atoms with Gasteiger partial charge in [0, 0.05) is 30.4 Å². The van der Waals surface area contributed by atoms with E-state index >= 15 is 0 Å². The highest BCUT2D eigenvalue weighted by atomic mass is 16.5. The monoisotopic (exact) mass is 496 g/mol. The zero-order valence-corrected chi connectivity index (χ0v) is 23.5. The van der Waals surface area contributed by atoms with Gasteiger partial charge in [0.1, 0.15) is 0 Å². The molecule has 37 heavy (non-hydrogen) atoms. The van der Waals surface area contributed by atoms with Crippen molar-refractivity contribution in [3.63, 3.8) is 0 Å². The van der Waals surface area contributed by atoms with Crippen LogP contribution in [0.2, 0.25) is 0 Å². The molecular formula is C34H44N2O. The molecule has 3 nitrogen and oxygen atoms in total. The smallest absolute Gasteiger partial charge is 0.0974 e. The number of ether oxygens (including phenoxy) is 1. The Labute approximate surface area is 223 Å². The molecule has 2 aromatic rings. The first-order valence-corrected chi connectivity index (χ1v) is 14.8. The summed E-state index contributed by atoms with van der Waals surface area (Å²) in [4.78, 5) is 7.03. The summed E-state index contributed by atoms with van der Waals surface area (Å²) in [7, 11) is 2.35. The van der Waals surface area contributed by atoms with Gasteiger partial charge in [0.05, 0.1) is 11.2 Å². The molecule has 196 valence electrons. The van der Waals surface area contributed by atoms with Crippen LogP contribution >= 0.6 is 0 Å². The Morgan fingerprint density at radius 2 is 1.95 bits per heavy atom. The quantitative estimate of drug-likeness (QED) is 0.433. The molecule has 0 radical (unpaired) electrons. The van der Waals surface area contributed by atoms with E-state index in [1.807, 2.05) is 12.4 Å². The van der Waals surface area contributed by atoms with Gasteiger partial charge in [-0.1, -0.05) is 52.0 Å². The molecule has 3 aliphatic carbocycles. The minimum atomic E-state index is -0.0753. The summed E-state index contributed by atoms with van der Waals surface area (Å²) in [5.41, 5.74) is 5.10. The van der Waals surface area contributed by atoms with E-state index in [1.54, 1.807) is 5.57 Å². The highest BCUT2D eigenvalue weighted by Gasteiger charge is 2.66. The number of aromatic nitrogens is 1. The zero-order chi connectivity index (χ0) is 25.6.